The summed E-state index contributed by atoms with van der Waals surface area (Å²) < 4.78 is 16.9. The van der Waals surface area contributed by atoms with Gasteiger partial charge in [0.1, 0.15) is 0 Å². The van der Waals surface area contributed by atoms with Crippen molar-refractivity contribution in [1.82, 2.24) is 10.2 Å². The quantitative estimate of drug-likeness (QED) is 0.440. The Morgan fingerprint density at radius 3 is 2.55 bits per heavy atom. The second-order valence-electron chi connectivity index (χ2n) is 6.80. The van der Waals surface area contributed by atoms with Crippen molar-refractivity contribution in [3.8, 4) is 23.0 Å². The van der Waals surface area contributed by atoms with Gasteiger partial charge >= 0.3 is 6.01 Å². The molecule has 7 nitrogen and oxygen atoms in total. The molecule has 7 heteroatoms. The molecule has 158 valence electrons. The van der Waals surface area contributed by atoms with Gasteiger partial charge in [0.15, 0.2) is 11.5 Å². The molecule has 4 aromatic rings. The highest BCUT2D eigenvalue weighted by atomic mass is 16.5. The SMILES string of the molecule is CCOc1ccc(-c2nnc(NC(=O)Cc3cccc4ccccc34)o2)cc1OCC. The predicted molar refractivity (Wildman–Crippen MR) is 118 cm³/mol. The first-order valence-electron chi connectivity index (χ1n) is 10.2. The smallest absolute Gasteiger partial charge is 0.322 e. The average molecular weight is 417 g/mol. The predicted octanol–water partition coefficient (Wildman–Crippen LogP) is 4.87. The second kappa shape index (κ2) is 9.30. The molecule has 0 fully saturated rings. The van der Waals surface area contributed by atoms with Crippen molar-refractivity contribution < 1.29 is 18.7 Å². The molecular formula is C24H23N3O4. The molecule has 1 N–H and O–H groups in total. The Hall–Kier alpha value is -3.87. The third-order valence-electron chi connectivity index (χ3n) is 4.69. The van der Waals surface area contributed by atoms with E-state index in [1.807, 2.05) is 62.4 Å². The van der Waals surface area contributed by atoms with Gasteiger partial charge in [-0.3, -0.25) is 10.1 Å². The summed E-state index contributed by atoms with van der Waals surface area (Å²) in [4.78, 5) is 12.6. The van der Waals surface area contributed by atoms with Gasteiger partial charge < -0.3 is 13.9 Å². The minimum absolute atomic E-state index is 0.0482. The normalized spacial score (nSPS) is 10.8. The molecule has 0 unspecified atom stereocenters. The van der Waals surface area contributed by atoms with Crippen molar-refractivity contribution in [2.45, 2.75) is 20.3 Å². The summed E-state index contributed by atoms with van der Waals surface area (Å²) in [6, 6.07) is 19.3. The molecule has 1 amide bonds. The minimum Gasteiger partial charge on any atom is -0.490 e. The second-order valence-corrected chi connectivity index (χ2v) is 6.80. The van der Waals surface area contributed by atoms with Gasteiger partial charge in [0.25, 0.3) is 0 Å². The van der Waals surface area contributed by atoms with Crippen LogP contribution in [-0.4, -0.2) is 29.3 Å². The lowest BCUT2D eigenvalue weighted by Crippen LogP contribution is -2.14. The molecule has 0 atom stereocenters. The first-order valence-corrected chi connectivity index (χ1v) is 10.2. The van der Waals surface area contributed by atoms with E-state index in [0.717, 1.165) is 16.3 Å². The molecule has 0 aliphatic carbocycles. The number of carbonyl (C=O) groups excluding carboxylic acids is 1. The minimum atomic E-state index is -0.228. The zero-order chi connectivity index (χ0) is 21.6. The number of nitrogens with one attached hydrogen (secondary N) is 1. The first kappa shape index (κ1) is 20.4. The van der Waals surface area contributed by atoms with Crippen LogP contribution in [0, 0.1) is 0 Å². The molecule has 1 heterocycles. The van der Waals surface area contributed by atoms with Gasteiger partial charge in [-0.05, 0) is 48.4 Å². The lowest BCUT2D eigenvalue weighted by molar-refractivity contribution is -0.115. The van der Waals surface area contributed by atoms with Gasteiger partial charge in [0.05, 0.1) is 19.6 Å². The van der Waals surface area contributed by atoms with Crippen LogP contribution < -0.4 is 14.8 Å². The largest absolute Gasteiger partial charge is 0.490 e. The zero-order valence-corrected chi connectivity index (χ0v) is 17.4. The molecule has 0 aliphatic heterocycles. The highest BCUT2D eigenvalue weighted by Crippen LogP contribution is 2.33. The number of hydrogen-bond acceptors (Lipinski definition) is 6. The Bertz CT molecular complexity index is 1200. The van der Waals surface area contributed by atoms with E-state index in [1.165, 1.54) is 0 Å². The van der Waals surface area contributed by atoms with Gasteiger partial charge in [0.2, 0.25) is 11.8 Å². The Labute approximate surface area is 180 Å². The molecular weight excluding hydrogens is 394 g/mol. The number of carbonyl (C=O) groups is 1. The third kappa shape index (κ3) is 4.66. The summed E-state index contributed by atoms with van der Waals surface area (Å²) in [6.07, 6.45) is 0.205. The van der Waals surface area contributed by atoms with Gasteiger partial charge in [-0.25, -0.2) is 0 Å². The molecule has 0 saturated carbocycles. The third-order valence-corrected chi connectivity index (χ3v) is 4.69. The van der Waals surface area contributed by atoms with E-state index in [0.29, 0.717) is 30.3 Å². The Morgan fingerprint density at radius 2 is 1.71 bits per heavy atom. The van der Waals surface area contributed by atoms with Gasteiger partial charge in [-0.1, -0.05) is 47.6 Å². The molecule has 0 bridgehead atoms. The number of amides is 1. The van der Waals surface area contributed by atoms with Crippen molar-refractivity contribution in [3.05, 3.63) is 66.2 Å². The summed E-state index contributed by atoms with van der Waals surface area (Å²) in [6.45, 7) is 4.85. The number of hydrogen-bond donors (Lipinski definition) is 1. The van der Waals surface area contributed by atoms with Gasteiger partial charge in [-0.15, -0.1) is 5.10 Å². The number of nitrogens with zero attached hydrogens (tertiary/aromatic N) is 2. The van der Waals surface area contributed by atoms with E-state index in [9.17, 15) is 4.79 Å². The zero-order valence-electron chi connectivity index (χ0n) is 17.4. The summed E-state index contributed by atoms with van der Waals surface area (Å²) in [5, 5.41) is 12.8. The highest BCUT2D eigenvalue weighted by molar-refractivity contribution is 5.95. The summed E-state index contributed by atoms with van der Waals surface area (Å²) >= 11 is 0. The first-order chi connectivity index (χ1) is 15.2. The van der Waals surface area contributed by atoms with E-state index in [4.69, 9.17) is 13.9 Å². The van der Waals surface area contributed by atoms with Crippen molar-refractivity contribution >= 4 is 22.7 Å². The standard InChI is InChI=1S/C24H23N3O4/c1-3-29-20-13-12-18(14-21(20)30-4-2)23-26-27-24(31-23)25-22(28)15-17-10-7-9-16-8-5-6-11-19(16)17/h5-14H,3-4,15H2,1-2H3,(H,25,27,28). The number of ether oxygens (including phenoxy) is 2. The molecule has 31 heavy (non-hydrogen) atoms. The highest BCUT2D eigenvalue weighted by Gasteiger charge is 2.15. The molecule has 1 aromatic heterocycles. The van der Waals surface area contributed by atoms with Crippen LogP contribution in [0.1, 0.15) is 19.4 Å². The molecule has 3 aromatic carbocycles. The van der Waals surface area contributed by atoms with Crippen LogP contribution in [0.4, 0.5) is 6.01 Å². The summed E-state index contributed by atoms with van der Waals surface area (Å²) in [5.74, 6) is 1.30. The fraction of sp³-hybridized carbons (Fsp3) is 0.208. The van der Waals surface area contributed by atoms with E-state index in [-0.39, 0.29) is 24.2 Å². The van der Waals surface area contributed by atoms with E-state index in [1.54, 1.807) is 12.1 Å². The number of fused-ring (bicyclic) bond motifs is 1. The maximum Gasteiger partial charge on any atom is 0.322 e. The molecule has 0 aliphatic rings. The fourth-order valence-electron chi connectivity index (χ4n) is 3.36. The molecule has 0 spiro atoms. The van der Waals surface area contributed by atoms with Crippen LogP contribution in [0.2, 0.25) is 0 Å². The lowest BCUT2D eigenvalue weighted by Gasteiger charge is -2.11. The summed E-state index contributed by atoms with van der Waals surface area (Å²) in [7, 11) is 0. The van der Waals surface area contributed by atoms with Crippen molar-refractivity contribution in [1.29, 1.82) is 0 Å². The topological polar surface area (TPSA) is 86.5 Å². The van der Waals surface area contributed by atoms with Crippen LogP contribution in [0.3, 0.4) is 0 Å². The van der Waals surface area contributed by atoms with Crippen molar-refractivity contribution in [3.63, 3.8) is 0 Å². The number of aromatic nitrogens is 2. The molecule has 0 saturated heterocycles. The van der Waals surface area contributed by atoms with E-state index in [2.05, 4.69) is 15.5 Å². The maximum atomic E-state index is 12.6. The van der Waals surface area contributed by atoms with Crippen LogP contribution in [0.5, 0.6) is 11.5 Å². The van der Waals surface area contributed by atoms with E-state index < -0.39 is 0 Å². The van der Waals surface area contributed by atoms with Gasteiger partial charge in [-0.2, -0.15) is 0 Å². The number of benzene rings is 3. The average Bonchev–Trinajstić information content (AvgIpc) is 3.24. The molecule has 0 radical (unpaired) electrons. The monoisotopic (exact) mass is 417 g/mol. The van der Waals surface area contributed by atoms with Crippen molar-refractivity contribution in [2.75, 3.05) is 18.5 Å². The maximum absolute atomic E-state index is 12.6. The Balaban J connectivity index is 1.49. The van der Waals surface area contributed by atoms with Crippen LogP contribution >= 0.6 is 0 Å². The van der Waals surface area contributed by atoms with Crippen LogP contribution in [0.25, 0.3) is 22.2 Å². The Kier molecular flexibility index (Phi) is 6.12. The molecule has 4 rings (SSSR count). The van der Waals surface area contributed by atoms with Crippen LogP contribution in [0.15, 0.2) is 65.1 Å². The summed E-state index contributed by atoms with van der Waals surface area (Å²) in [5.41, 5.74) is 1.61. The lowest BCUT2D eigenvalue weighted by atomic mass is 10.0. The number of rotatable bonds is 8. The van der Waals surface area contributed by atoms with Crippen LogP contribution in [-0.2, 0) is 11.2 Å². The number of anilines is 1. The van der Waals surface area contributed by atoms with E-state index >= 15 is 0 Å². The Morgan fingerprint density at radius 1 is 0.935 bits per heavy atom. The van der Waals surface area contributed by atoms with Crippen molar-refractivity contribution in [2.24, 2.45) is 0 Å². The van der Waals surface area contributed by atoms with Gasteiger partial charge in [0, 0.05) is 5.56 Å². The fourth-order valence-corrected chi connectivity index (χ4v) is 3.36.